The molecule has 2 nitrogen and oxygen atoms in total. The standard InChI is InChI=1S/C9H9FN2/c1-7-6-12(11-10)9-5-3-2-4-8(7)9/h2-6,11H,1H3. The zero-order chi connectivity index (χ0) is 8.55. The molecule has 2 rings (SSSR count). The topological polar surface area (TPSA) is 17.0 Å². The first-order valence-electron chi connectivity index (χ1n) is 3.76. The third kappa shape index (κ3) is 0.863. The van der Waals surface area contributed by atoms with Gasteiger partial charge in [-0.25, -0.2) is 4.68 Å². The first-order valence-corrected chi connectivity index (χ1v) is 3.76. The van der Waals surface area contributed by atoms with Crippen LogP contribution < -0.4 is 5.65 Å². The summed E-state index contributed by atoms with van der Waals surface area (Å²) in [6, 6.07) is 7.67. The van der Waals surface area contributed by atoms with Crippen LogP contribution in [0.15, 0.2) is 30.5 Å². The van der Waals surface area contributed by atoms with Gasteiger partial charge in [0.1, 0.15) is 0 Å². The fraction of sp³-hybridized carbons (Fsp3) is 0.111. The highest BCUT2D eigenvalue weighted by atomic mass is 19.2. The summed E-state index contributed by atoms with van der Waals surface area (Å²) in [5.41, 5.74) is 3.53. The monoisotopic (exact) mass is 164 g/mol. The Labute approximate surface area is 69.5 Å². The van der Waals surface area contributed by atoms with Gasteiger partial charge >= 0.3 is 0 Å². The predicted octanol–water partition coefficient (Wildman–Crippen LogP) is 2.38. The number of nitrogens with zero attached hydrogens (tertiary/aromatic N) is 1. The quantitative estimate of drug-likeness (QED) is 0.640. The Morgan fingerprint density at radius 2 is 2.08 bits per heavy atom. The number of aromatic nitrogens is 1. The van der Waals surface area contributed by atoms with Crippen LogP contribution in [-0.4, -0.2) is 4.68 Å². The highest BCUT2D eigenvalue weighted by Gasteiger charge is 2.02. The lowest BCUT2D eigenvalue weighted by Gasteiger charge is -1.97. The van der Waals surface area contributed by atoms with Crippen molar-refractivity contribution in [3.63, 3.8) is 0 Å². The van der Waals surface area contributed by atoms with Gasteiger partial charge in [0.25, 0.3) is 0 Å². The lowest BCUT2D eigenvalue weighted by atomic mass is 10.2. The Morgan fingerprint density at radius 3 is 2.83 bits per heavy atom. The lowest BCUT2D eigenvalue weighted by Crippen LogP contribution is -2.00. The Bertz CT molecular complexity index is 406. The van der Waals surface area contributed by atoms with Gasteiger partial charge in [-0.15, -0.1) is 0 Å². The SMILES string of the molecule is Cc1cn(NF)c2ccccc12. The maximum absolute atomic E-state index is 12.2. The van der Waals surface area contributed by atoms with E-state index in [0.29, 0.717) is 0 Å². The summed E-state index contributed by atoms with van der Waals surface area (Å²) in [5, 5.41) is 1.07. The van der Waals surface area contributed by atoms with Gasteiger partial charge in [-0.3, -0.25) is 0 Å². The van der Waals surface area contributed by atoms with Crippen molar-refractivity contribution in [1.29, 1.82) is 0 Å². The average molecular weight is 164 g/mol. The number of hydrogen-bond acceptors (Lipinski definition) is 1. The first-order chi connectivity index (χ1) is 5.83. The molecule has 1 heterocycles. The molecule has 0 radical (unpaired) electrons. The minimum Gasteiger partial charge on any atom is -0.239 e. The third-order valence-electron chi connectivity index (χ3n) is 2.00. The molecule has 0 atom stereocenters. The number of nitrogens with one attached hydrogen (secondary N) is 1. The Hall–Kier alpha value is -1.51. The number of hydrogen-bond donors (Lipinski definition) is 1. The van der Waals surface area contributed by atoms with Crippen molar-refractivity contribution in [2.24, 2.45) is 0 Å². The van der Waals surface area contributed by atoms with Gasteiger partial charge in [0, 0.05) is 11.6 Å². The molecule has 0 amide bonds. The van der Waals surface area contributed by atoms with Crippen LogP contribution in [0.5, 0.6) is 0 Å². The van der Waals surface area contributed by atoms with Gasteiger partial charge in [0.05, 0.1) is 5.52 Å². The molecule has 0 aliphatic carbocycles. The molecular formula is C9H9FN2. The largest absolute Gasteiger partial charge is 0.239 e. The molecule has 3 heteroatoms. The normalized spacial score (nSPS) is 10.5. The molecule has 62 valence electrons. The molecule has 0 fully saturated rings. The summed E-state index contributed by atoms with van der Waals surface area (Å²) < 4.78 is 13.5. The van der Waals surface area contributed by atoms with Crippen LogP contribution in [0.25, 0.3) is 10.9 Å². The van der Waals surface area contributed by atoms with Gasteiger partial charge in [-0.2, -0.15) is 5.65 Å². The minimum atomic E-state index is 0.859. The Kier molecular flexibility index (Phi) is 1.50. The van der Waals surface area contributed by atoms with Crippen molar-refractivity contribution >= 4 is 10.9 Å². The molecule has 1 aromatic heterocycles. The van der Waals surface area contributed by atoms with E-state index in [1.54, 1.807) is 11.8 Å². The molecule has 0 aliphatic heterocycles. The van der Waals surface area contributed by atoms with E-state index in [2.05, 4.69) is 0 Å². The fourth-order valence-electron chi connectivity index (χ4n) is 1.42. The van der Waals surface area contributed by atoms with Gasteiger partial charge in [-0.1, -0.05) is 22.7 Å². The van der Waals surface area contributed by atoms with E-state index < -0.39 is 0 Å². The van der Waals surface area contributed by atoms with Crippen LogP contribution in [0.4, 0.5) is 4.48 Å². The van der Waals surface area contributed by atoms with Crippen LogP contribution >= 0.6 is 0 Å². The number of fused-ring (bicyclic) bond motifs is 1. The molecule has 0 saturated carbocycles. The van der Waals surface area contributed by atoms with Crippen LogP contribution in [-0.2, 0) is 0 Å². The molecule has 1 aromatic carbocycles. The van der Waals surface area contributed by atoms with Crippen molar-refractivity contribution in [3.05, 3.63) is 36.0 Å². The fourth-order valence-corrected chi connectivity index (χ4v) is 1.42. The molecule has 0 saturated heterocycles. The second-order valence-corrected chi connectivity index (χ2v) is 2.78. The van der Waals surface area contributed by atoms with E-state index in [1.165, 1.54) is 4.68 Å². The third-order valence-corrected chi connectivity index (χ3v) is 2.00. The van der Waals surface area contributed by atoms with Gasteiger partial charge in [-0.05, 0) is 18.6 Å². The number of halogens is 1. The number of rotatable bonds is 1. The van der Waals surface area contributed by atoms with E-state index >= 15 is 0 Å². The van der Waals surface area contributed by atoms with Crippen molar-refractivity contribution in [2.45, 2.75) is 6.92 Å². The van der Waals surface area contributed by atoms with Gasteiger partial charge in [0.15, 0.2) is 0 Å². The summed E-state index contributed by atoms with van der Waals surface area (Å²) in [7, 11) is 0. The van der Waals surface area contributed by atoms with Crippen LogP contribution in [0, 0.1) is 6.92 Å². The Morgan fingerprint density at radius 1 is 1.33 bits per heavy atom. The summed E-state index contributed by atoms with van der Waals surface area (Å²) in [5.74, 6) is 0. The summed E-state index contributed by atoms with van der Waals surface area (Å²) in [6.07, 6.45) is 1.73. The van der Waals surface area contributed by atoms with Crippen molar-refractivity contribution in [3.8, 4) is 0 Å². The zero-order valence-electron chi connectivity index (χ0n) is 6.71. The molecule has 0 aliphatic rings. The van der Waals surface area contributed by atoms with Crippen LogP contribution in [0.1, 0.15) is 5.56 Å². The predicted molar refractivity (Wildman–Crippen MR) is 47.1 cm³/mol. The molecular weight excluding hydrogens is 155 g/mol. The van der Waals surface area contributed by atoms with E-state index in [1.807, 2.05) is 31.2 Å². The number of aryl methyl sites for hydroxylation is 1. The van der Waals surface area contributed by atoms with Gasteiger partial charge < -0.3 is 0 Å². The Balaban J connectivity index is 2.82. The van der Waals surface area contributed by atoms with E-state index in [9.17, 15) is 4.48 Å². The highest BCUT2D eigenvalue weighted by molar-refractivity contribution is 5.83. The van der Waals surface area contributed by atoms with Gasteiger partial charge in [0.2, 0.25) is 0 Å². The zero-order valence-corrected chi connectivity index (χ0v) is 6.71. The summed E-state index contributed by atoms with van der Waals surface area (Å²) >= 11 is 0. The average Bonchev–Trinajstić information content (AvgIpc) is 2.44. The second kappa shape index (κ2) is 2.52. The van der Waals surface area contributed by atoms with Crippen molar-refractivity contribution in [2.75, 3.05) is 5.65 Å². The van der Waals surface area contributed by atoms with E-state index in [-0.39, 0.29) is 0 Å². The maximum atomic E-state index is 12.2. The molecule has 0 spiro atoms. The van der Waals surface area contributed by atoms with Crippen LogP contribution in [0.2, 0.25) is 0 Å². The first kappa shape index (κ1) is 7.16. The maximum Gasteiger partial charge on any atom is 0.0721 e. The number of para-hydroxylation sites is 1. The molecule has 1 N–H and O–H groups in total. The van der Waals surface area contributed by atoms with Crippen molar-refractivity contribution < 1.29 is 4.48 Å². The van der Waals surface area contributed by atoms with E-state index in [4.69, 9.17) is 0 Å². The van der Waals surface area contributed by atoms with Crippen LogP contribution in [0.3, 0.4) is 0 Å². The second-order valence-electron chi connectivity index (χ2n) is 2.78. The lowest BCUT2D eigenvalue weighted by molar-refractivity contribution is 0.513. The molecule has 12 heavy (non-hydrogen) atoms. The van der Waals surface area contributed by atoms with E-state index in [0.717, 1.165) is 16.5 Å². The smallest absolute Gasteiger partial charge is 0.0721 e. The minimum absolute atomic E-state index is 0.859. The summed E-state index contributed by atoms with van der Waals surface area (Å²) in [4.78, 5) is 0. The summed E-state index contributed by atoms with van der Waals surface area (Å²) in [6.45, 7) is 1.95. The molecule has 2 aromatic rings. The molecule has 0 unspecified atom stereocenters. The molecule has 0 bridgehead atoms. The van der Waals surface area contributed by atoms with Crippen molar-refractivity contribution in [1.82, 2.24) is 4.68 Å². The number of benzene rings is 1. The highest BCUT2D eigenvalue weighted by Crippen LogP contribution is 2.18.